The zero-order chi connectivity index (χ0) is 22.3. The van der Waals surface area contributed by atoms with Gasteiger partial charge in [0.1, 0.15) is 6.04 Å². The minimum atomic E-state index is -0.786. The molecule has 166 valence electrons. The van der Waals surface area contributed by atoms with Crippen molar-refractivity contribution >= 4 is 23.3 Å². The lowest BCUT2D eigenvalue weighted by Gasteiger charge is -2.33. The molecule has 8 heteroatoms. The fraction of sp³-hybridized carbons (Fsp3) is 0.375. The van der Waals surface area contributed by atoms with E-state index in [9.17, 15) is 9.59 Å². The molecule has 1 aromatic carbocycles. The first kappa shape index (κ1) is 22.1. The van der Waals surface area contributed by atoms with Crippen molar-refractivity contribution in [3.05, 3.63) is 76.6 Å². The zero-order valence-corrected chi connectivity index (χ0v) is 18.9. The molecule has 0 radical (unpaired) electrons. The van der Waals surface area contributed by atoms with Crippen LogP contribution in [0, 0.1) is 6.92 Å². The van der Waals surface area contributed by atoms with Crippen molar-refractivity contribution < 1.29 is 9.59 Å². The van der Waals surface area contributed by atoms with Crippen LogP contribution in [0.2, 0.25) is 0 Å². The minimum Gasteiger partial charge on any atom is -0.351 e. The van der Waals surface area contributed by atoms with E-state index in [1.807, 2.05) is 43.3 Å². The molecule has 3 aromatic rings. The van der Waals surface area contributed by atoms with Crippen LogP contribution in [-0.2, 0) is 11.3 Å². The number of nitrogens with one attached hydrogen (secondary N) is 1. The van der Waals surface area contributed by atoms with Crippen LogP contribution in [0.3, 0.4) is 0 Å². The number of carbonyl (C=O) groups excluding carboxylic acids is 2. The number of amides is 2. The molecule has 0 aliphatic heterocycles. The number of pyridine rings is 1. The molecule has 0 spiro atoms. The highest BCUT2D eigenvalue weighted by Gasteiger charge is 2.34. The lowest BCUT2D eigenvalue weighted by molar-refractivity contribution is -0.127. The van der Waals surface area contributed by atoms with Crippen LogP contribution < -0.4 is 5.32 Å². The Balaban J connectivity index is 1.72. The van der Waals surface area contributed by atoms with Crippen molar-refractivity contribution in [1.82, 2.24) is 24.8 Å². The fourth-order valence-electron chi connectivity index (χ4n) is 4.21. The third kappa shape index (κ3) is 5.37. The molecule has 0 unspecified atom stereocenters. The van der Waals surface area contributed by atoms with Crippen LogP contribution in [-0.4, -0.2) is 37.3 Å². The molecule has 1 atom stereocenters. The molecule has 1 fully saturated rings. The second kappa shape index (κ2) is 10.5. The maximum atomic E-state index is 13.7. The van der Waals surface area contributed by atoms with Gasteiger partial charge in [-0.3, -0.25) is 14.6 Å². The summed E-state index contributed by atoms with van der Waals surface area (Å²) in [6, 6.07) is 10.9. The Labute approximate surface area is 192 Å². The number of benzene rings is 1. The van der Waals surface area contributed by atoms with Gasteiger partial charge in [0.2, 0.25) is 5.91 Å². The molecule has 1 saturated carbocycles. The summed E-state index contributed by atoms with van der Waals surface area (Å²) >= 11 is 1.12. The highest BCUT2D eigenvalue weighted by molar-refractivity contribution is 7.03. The third-order valence-corrected chi connectivity index (χ3v) is 6.29. The van der Waals surface area contributed by atoms with Crippen LogP contribution in [0.25, 0.3) is 0 Å². The maximum absolute atomic E-state index is 13.7. The van der Waals surface area contributed by atoms with Gasteiger partial charge in [-0.15, -0.1) is 5.10 Å². The lowest BCUT2D eigenvalue weighted by Crippen LogP contribution is -2.47. The van der Waals surface area contributed by atoms with Gasteiger partial charge in [0.25, 0.3) is 5.91 Å². The van der Waals surface area contributed by atoms with Crippen molar-refractivity contribution in [3.63, 3.8) is 0 Å². The Hall–Kier alpha value is -3.13. The number of hydrogen-bond donors (Lipinski definition) is 1. The minimum absolute atomic E-state index is 0.139. The van der Waals surface area contributed by atoms with Gasteiger partial charge in [-0.1, -0.05) is 59.6 Å². The molecule has 1 aliphatic carbocycles. The van der Waals surface area contributed by atoms with Crippen molar-refractivity contribution in [2.75, 3.05) is 0 Å². The Morgan fingerprint density at radius 1 is 1.19 bits per heavy atom. The first-order valence-corrected chi connectivity index (χ1v) is 11.8. The van der Waals surface area contributed by atoms with Gasteiger partial charge >= 0.3 is 0 Å². The van der Waals surface area contributed by atoms with E-state index in [0.29, 0.717) is 0 Å². The maximum Gasteiger partial charge on any atom is 0.276 e. The Bertz CT molecular complexity index is 1040. The molecule has 4 rings (SSSR count). The van der Waals surface area contributed by atoms with E-state index < -0.39 is 6.04 Å². The van der Waals surface area contributed by atoms with Crippen LogP contribution >= 0.6 is 11.5 Å². The van der Waals surface area contributed by atoms with E-state index in [1.165, 1.54) is 6.42 Å². The third-order valence-electron chi connectivity index (χ3n) is 5.79. The fourth-order valence-corrected chi connectivity index (χ4v) is 4.64. The van der Waals surface area contributed by atoms with Crippen LogP contribution in [0.5, 0.6) is 0 Å². The van der Waals surface area contributed by atoms with E-state index in [1.54, 1.807) is 22.7 Å². The number of aromatic nitrogens is 3. The predicted octanol–water partition coefficient (Wildman–Crippen LogP) is 4.07. The molecular weight excluding hydrogens is 422 g/mol. The smallest absolute Gasteiger partial charge is 0.276 e. The number of carbonyl (C=O) groups is 2. The van der Waals surface area contributed by atoms with Crippen molar-refractivity contribution in [1.29, 1.82) is 0 Å². The van der Waals surface area contributed by atoms with E-state index in [-0.39, 0.29) is 30.1 Å². The molecular formula is C24H27N5O2S. The first-order valence-electron chi connectivity index (χ1n) is 11.0. The Kier molecular flexibility index (Phi) is 7.21. The van der Waals surface area contributed by atoms with Gasteiger partial charge in [-0.05, 0) is 48.5 Å². The average molecular weight is 450 g/mol. The summed E-state index contributed by atoms with van der Waals surface area (Å²) in [5.74, 6) is -0.490. The van der Waals surface area contributed by atoms with E-state index in [2.05, 4.69) is 19.9 Å². The summed E-state index contributed by atoms with van der Waals surface area (Å²) in [6.45, 7) is 2.22. The zero-order valence-electron chi connectivity index (χ0n) is 18.1. The second-order valence-corrected chi connectivity index (χ2v) is 8.85. The normalized spacial score (nSPS) is 15.2. The highest BCUT2D eigenvalue weighted by atomic mass is 32.1. The van der Waals surface area contributed by atoms with Crippen LogP contribution in [0.15, 0.2) is 54.2 Å². The second-order valence-electron chi connectivity index (χ2n) is 8.24. The van der Waals surface area contributed by atoms with Gasteiger partial charge in [0, 0.05) is 30.4 Å². The first-order chi connectivity index (χ1) is 15.6. The topological polar surface area (TPSA) is 88.1 Å². The lowest BCUT2D eigenvalue weighted by atomic mass is 9.94. The van der Waals surface area contributed by atoms with Gasteiger partial charge in [-0.25, -0.2) is 0 Å². The summed E-state index contributed by atoms with van der Waals surface area (Å²) in [6.07, 6.45) is 8.78. The molecule has 0 saturated heterocycles. The van der Waals surface area contributed by atoms with Gasteiger partial charge in [0.05, 0.1) is 0 Å². The summed E-state index contributed by atoms with van der Waals surface area (Å²) in [5.41, 5.74) is 2.88. The van der Waals surface area contributed by atoms with E-state index >= 15 is 0 Å². The molecule has 32 heavy (non-hydrogen) atoms. The summed E-state index contributed by atoms with van der Waals surface area (Å²) in [7, 11) is 0. The van der Waals surface area contributed by atoms with Crippen LogP contribution in [0.1, 0.15) is 65.3 Å². The molecule has 2 aromatic heterocycles. The quantitative estimate of drug-likeness (QED) is 0.587. The predicted molar refractivity (Wildman–Crippen MR) is 123 cm³/mol. The Morgan fingerprint density at radius 3 is 2.72 bits per heavy atom. The molecule has 2 amide bonds. The van der Waals surface area contributed by atoms with Gasteiger partial charge in [-0.2, -0.15) is 0 Å². The van der Waals surface area contributed by atoms with Gasteiger partial charge in [0.15, 0.2) is 5.69 Å². The number of nitrogens with zero attached hydrogens (tertiary/aromatic N) is 4. The number of hydrogen-bond acceptors (Lipinski definition) is 6. The highest BCUT2D eigenvalue weighted by Crippen LogP contribution is 2.27. The standard InChI is InChI=1S/C24H27N5O2S/c1-17-7-5-9-19(13-17)22(23(30)26-20-10-3-2-4-11-20)29(15-18-8-6-12-25-14-18)24(31)21-16-32-28-27-21/h5-9,12-14,16,20,22H,2-4,10-11,15H2,1H3,(H,26,30)/t22-/m0/s1. The largest absolute Gasteiger partial charge is 0.351 e. The number of rotatable bonds is 7. The molecule has 7 nitrogen and oxygen atoms in total. The summed E-state index contributed by atoms with van der Waals surface area (Å²) in [5, 5.41) is 8.81. The summed E-state index contributed by atoms with van der Waals surface area (Å²) in [4.78, 5) is 33.0. The monoisotopic (exact) mass is 449 g/mol. The summed E-state index contributed by atoms with van der Waals surface area (Å²) < 4.78 is 3.85. The SMILES string of the molecule is Cc1cccc([C@@H](C(=O)NC2CCCCC2)N(Cc2cccnc2)C(=O)c2csnn2)c1. The average Bonchev–Trinajstić information content (AvgIpc) is 3.35. The van der Waals surface area contributed by atoms with Crippen molar-refractivity contribution in [2.45, 2.75) is 57.7 Å². The van der Waals surface area contributed by atoms with Crippen molar-refractivity contribution in [2.24, 2.45) is 0 Å². The molecule has 0 bridgehead atoms. The molecule has 1 N–H and O–H groups in total. The van der Waals surface area contributed by atoms with Crippen molar-refractivity contribution in [3.8, 4) is 0 Å². The molecule has 1 aliphatic rings. The number of aryl methyl sites for hydroxylation is 1. The Morgan fingerprint density at radius 2 is 2.03 bits per heavy atom. The van der Waals surface area contributed by atoms with Crippen LogP contribution in [0.4, 0.5) is 0 Å². The van der Waals surface area contributed by atoms with Gasteiger partial charge < -0.3 is 10.2 Å². The van der Waals surface area contributed by atoms with E-state index in [0.717, 1.165) is 53.9 Å². The van der Waals surface area contributed by atoms with E-state index in [4.69, 9.17) is 0 Å². The molecule has 2 heterocycles.